The number of amides is 2. The van der Waals surface area contributed by atoms with Crippen LogP contribution in [-0.4, -0.2) is 45.4 Å². The maximum Gasteiger partial charge on any atom is 0.253 e. The Kier molecular flexibility index (Phi) is 6.69. The van der Waals surface area contributed by atoms with Gasteiger partial charge >= 0.3 is 0 Å². The topological polar surface area (TPSA) is 97.9 Å². The van der Waals surface area contributed by atoms with Crippen molar-refractivity contribution in [2.75, 3.05) is 38.9 Å². The SMILES string of the molecule is COCCNC(=O)c1ccccc1NCC(=O)NCc1ccc2c(c1)OCO2. The lowest BCUT2D eigenvalue weighted by molar-refractivity contribution is -0.119. The summed E-state index contributed by atoms with van der Waals surface area (Å²) in [6.07, 6.45) is 0. The van der Waals surface area contributed by atoms with Gasteiger partial charge in [0.05, 0.1) is 18.7 Å². The maximum atomic E-state index is 12.3. The molecule has 0 atom stereocenters. The zero-order valence-electron chi connectivity index (χ0n) is 15.6. The summed E-state index contributed by atoms with van der Waals surface area (Å²) in [5, 5.41) is 8.62. The quantitative estimate of drug-likeness (QED) is 0.566. The molecule has 3 N–H and O–H groups in total. The number of hydrogen-bond donors (Lipinski definition) is 3. The largest absolute Gasteiger partial charge is 0.454 e. The zero-order chi connectivity index (χ0) is 19.8. The van der Waals surface area contributed by atoms with E-state index in [1.807, 2.05) is 18.2 Å². The van der Waals surface area contributed by atoms with Crippen LogP contribution in [0.2, 0.25) is 0 Å². The van der Waals surface area contributed by atoms with E-state index >= 15 is 0 Å². The summed E-state index contributed by atoms with van der Waals surface area (Å²) in [5.41, 5.74) is 1.98. The van der Waals surface area contributed by atoms with Gasteiger partial charge < -0.3 is 30.2 Å². The molecule has 0 unspecified atom stereocenters. The third kappa shape index (κ3) is 5.14. The number of carbonyl (C=O) groups excluding carboxylic acids is 2. The number of benzene rings is 2. The summed E-state index contributed by atoms with van der Waals surface area (Å²) in [4.78, 5) is 24.4. The fraction of sp³-hybridized carbons (Fsp3) is 0.300. The number of hydrogen-bond acceptors (Lipinski definition) is 6. The molecule has 8 nitrogen and oxygen atoms in total. The van der Waals surface area contributed by atoms with Crippen LogP contribution in [0.25, 0.3) is 0 Å². The average Bonchev–Trinajstić information content (AvgIpc) is 3.19. The minimum Gasteiger partial charge on any atom is -0.454 e. The first-order valence-corrected chi connectivity index (χ1v) is 8.92. The summed E-state index contributed by atoms with van der Waals surface area (Å²) in [7, 11) is 1.57. The number of anilines is 1. The van der Waals surface area contributed by atoms with Crippen molar-refractivity contribution in [1.29, 1.82) is 0 Å². The summed E-state index contributed by atoms with van der Waals surface area (Å²) < 4.78 is 15.5. The molecular formula is C20H23N3O5. The van der Waals surface area contributed by atoms with Gasteiger partial charge in [0.15, 0.2) is 11.5 Å². The maximum absolute atomic E-state index is 12.3. The van der Waals surface area contributed by atoms with Gasteiger partial charge in [-0.25, -0.2) is 0 Å². The van der Waals surface area contributed by atoms with Crippen molar-refractivity contribution in [2.45, 2.75) is 6.54 Å². The standard InChI is InChI=1S/C20H23N3O5/c1-26-9-8-21-20(25)15-4-2-3-5-16(15)22-12-19(24)23-11-14-6-7-17-18(10-14)28-13-27-17/h2-7,10,22H,8-9,11-13H2,1H3,(H,21,25)(H,23,24). The van der Waals surface area contributed by atoms with E-state index in [1.54, 1.807) is 31.4 Å². The molecule has 2 amide bonds. The molecular weight excluding hydrogens is 362 g/mol. The normalized spacial score (nSPS) is 11.8. The first-order chi connectivity index (χ1) is 13.7. The van der Waals surface area contributed by atoms with Crippen LogP contribution < -0.4 is 25.4 Å². The minimum absolute atomic E-state index is 0.0485. The number of fused-ring (bicyclic) bond motifs is 1. The van der Waals surface area contributed by atoms with E-state index in [4.69, 9.17) is 14.2 Å². The van der Waals surface area contributed by atoms with Crippen molar-refractivity contribution in [2.24, 2.45) is 0 Å². The molecule has 0 saturated carbocycles. The van der Waals surface area contributed by atoms with Crippen molar-refractivity contribution in [3.05, 3.63) is 53.6 Å². The number of para-hydroxylation sites is 1. The molecule has 0 bridgehead atoms. The predicted octanol–water partition coefficient (Wildman–Crippen LogP) is 1.52. The second kappa shape index (κ2) is 9.61. The van der Waals surface area contributed by atoms with Crippen LogP contribution in [0.5, 0.6) is 11.5 Å². The van der Waals surface area contributed by atoms with Crippen LogP contribution in [0.4, 0.5) is 5.69 Å². The fourth-order valence-electron chi connectivity index (χ4n) is 2.69. The lowest BCUT2D eigenvalue weighted by Gasteiger charge is -2.12. The highest BCUT2D eigenvalue weighted by molar-refractivity contribution is 6.00. The van der Waals surface area contributed by atoms with Crippen LogP contribution in [0.1, 0.15) is 15.9 Å². The average molecular weight is 385 g/mol. The van der Waals surface area contributed by atoms with Gasteiger partial charge in [-0.15, -0.1) is 0 Å². The monoisotopic (exact) mass is 385 g/mol. The molecule has 0 aliphatic carbocycles. The highest BCUT2D eigenvalue weighted by Gasteiger charge is 2.14. The van der Waals surface area contributed by atoms with Crippen molar-refractivity contribution < 1.29 is 23.8 Å². The Morgan fingerprint density at radius 1 is 1.07 bits per heavy atom. The van der Waals surface area contributed by atoms with Crippen LogP contribution in [0.15, 0.2) is 42.5 Å². The Hall–Kier alpha value is -3.26. The van der Waals surface area contributed by atoms with Gasteiger partial charge in [-0.3, -0.25) is 9.59 Å². The van der Waals surface area contributed by atoms with E-state index in [2.05, 4.69) is 16.0 Å². The van der Waals surface area contributed by atoms with Crippen molar-refractivity contribution in [3.8, 4) is 11.5 Å². The van der Waals surface area contributed by atoms with E-state index < -0.39 is 0 Å². The smallest absolute Gasteiger partial charge is 0.253 e. The van der Waals surface area contributed by atoms with Crippen LogP contribution in [0, 0.1) is 0 Å². The number of ether oxygens (including phenoxy) is 3. The summed E-state index contributed by atoms with van der Waals surface area (Å²) in [6.45, 7) is 1.49. The van der Waals surface area contributed by atoms with Gasteiger partial charge in [-0.2, -0.15) is 0 Å². The molecule has 28 heavy (non-hydrogen) atoms. The Bertz CT molecular complexity index is 840. The van der Waals surface area contributed by atoms with Gasteiger partial charge in [0.2, 0.25) is 12.7 Å². The van der Waals surface area contributed by atoms with E-state index in [1.165, 1.54) is 0 Å². The van der Waals surface area contributed by atoms with E-state index in [0.717, 1.165) is 5.56 Å². The zero-order valence-corrected chi connectivity index (χ0v) is 15.6. The number of methoxy groups -OCH3 is 1. The molecule has 0 spiro atoms. The Morgan fingerprint density at radius 3 is 2.75 bits per heavy atom. The summed E-state index contributed by atoms with van der Waals surface area (Å²) in [5.74, 6) is 0.976. The van der Waals surface area contributed by atoms with E-state index in [0.29, 0.717) is 42.4 Å². The molecule has 0 radical (unpaired) electrons. The molecule has 2 aromatic rings. The molecule has 1 aliphatic rings. The van der Waals surface area contributed by atoms with Crippen LogP contribution in [-0.2, 0) is 16.1 Å². The van der Waals surface area contributed by atoms with Gasteiger partial charge in [0.25, 0.3) is 5.91 Å². The second-order valence-electron chi connectivity index (χ2n) is 6.11. The van der Waals surface area contributed by atoms with Crippen molar-refractivity contribution >= 4 is 17.5 Å². The Morgan fingerprint density at radius 2 is 1.89 bits per heavy atom. The highest BCUT2D eigenvalue weighted by atomic mass is 16.7. The summed E-state index contributed by atoms with van der Waals surface area (Å²) in [6, 6.07) is 12.6. The van der Waals surface area contributed by atoms with Gasteiger partial charge in [0, 0.05) is 25.9 Å². The van der Waals surface area contributed by atoms with Crippen molar-refractivity contribution in [1.82, 2.24) is 10.6 Å². The highest BCUT2D eigenvalue weighted by Crippen LogP contribution is 2.32. The fourth-order valence-corrected chi connectivity index (χ4v) is 2.69. The molecule has 1 aliphatic heterocycles. The summed E-state index contributed by atoms with van der Waals surface area (Å²) >= 11 is 0. The van der Waals surface area contributed by atoms with Gasteiger partial charge in [-0.1, -0.05) is 18.2 Å². The number of carbonyl (C=O) groups is 2. The number of rotatable bonds is 9. The molecule has 148 valence electrons. The van der Waals surface area contributed by atoms with Crippen molar-refractivity contribution in [3.63, 3.8) is 0 Å². The lowest BCUT2D eigenvalue weighted by Crippen LogP contribution is -2.31. The molecule has 0 aromatic heterocycles. The molecule has 8 heteroatoms. The molecule has 0 fully saturated rings. The molecule has 1 heterocycles. The first kappa shape index (κ1) is 19.5. The Labute approximate surface area is 163 Å². The number of nitrogens with one attached hydrogen (secondary N) is 3. The second-order valence-corrected chi connectivity index (χ2v) is 6.11. The first-order valence-electron chi connectivity index (χ1n) is 8.92. The molecule has 3 rings (SSSR count). The molecule has 0 saturated heterocycles. The third-order valence-corrected chi connectivity index (χ3v) is 4.13. The van der Waals surface area contributed by atoms with Gasteiger partial charge in [-0.05, 0) is 29.8 Å². The minimum atomic E-state index is -0.221. The molecule has 2 aromatic carbocycles. The lowest BCUT2D eigenvalue weighted by atomic mass is 10.1. The third-order valence-electron chi connectivity index (χ3n) is 4.13. The van der Waals surface area contributed by atoms with E-state index in [9.17, 15) is 9.59 Å². The predicted molar refractivity (Wildman–Crippen MR) is 104 cm³/mol. The van der Waals surface area contributed by atoms with Crippen LogP contribution >= 0.6 is 0 Å². The van der Waals surface area contributed by atoms with Crippen LogP contribution in [0.3, 0.4) is 0 Å². The van der Waals surface area contributed by atoms with Gasteiger partial charge in [0.1, 0.15) is 0 Å². The Balaban J connectivity index is 1.50. The van der Waals surface area contributed by atoms with E-state index in [-0.39, 0.29) is 25.2 Å².